The van der Waals surface area contributed by atoms with Gasteiger partial charge >= 0.3 is 0 Å². The number of aromatic nitrogens is 4. The molecule has 6 nitrogen and oxygen atoms in total. The second-order valence-corrected chi connectivity index (χ2v) is 7.10. The van der Waals surface area contributed by atoms with E-state index >= 15 is 0 Å². The molecule has 28 heavy (non-hydrogen) atoms. The lowest BCUT2D eigenvalue weighted by atomic mass is 10.2. The summed E-state index contributed by atoms with van der Waals surface area (Å²) in [6.45, 7) is 0.429. The highest BCUT2D eigenvalue weighted by Crippen LogP contribution is 2.37. The molecule has 0 aliphatic heterocycles. The Balaban J connectivity index is 1.30. The number of hydrogen-bond acceptors (Lipinski definition) is 3. The second-order valence-electron chi connectivity index (χ2n) is 7.10. The van der Waals surface area contributed by atoms with Crippen LogP contribution < -0.4 is 5.32 Å². The summed E-state index contributed by atoms with van der Waals surface area (Å²) >= 11 is 0. The molecule has 0 spiro atoms. The monoisotopic (exact) mass is 375 g/mol. The molecule has 0 atom stereocenters. The van der Waals surface area contributed by atoms with Crippen LogP contribution in [0, 0.1) is 5.82 Å². The fourth-order valence-electron chi connectivity index (χ4n) is 3.36. The number of amides is 1. The fraction of sp³-hybridized carbons (Fsp3) is 0.190. The van der Waals surface area contributed by atoms with Gasteiger partial charge in [0.1, 0.15) is 5.82 Å². The molecule has 1 aliphatic carbocycles. The quantitative estimate of drug-likeness (QED) is 0.573. The van der Waals surface area contributed by atoms with Crippen LogP contribution in [0.2, 0.25) is 0 Å². The molecule has 0 unspecified atom stereocenters. The predicted octanol–water partition coefficient (Wildman–Crippen LogP) is 4.01. The molecule has 1 N–H and O–H groups in total. The minimum atomic E-state index is -0.280. The number of nitrogens with zero attached hydrogens (tertiary/aromatic N) is 4. The van der Waals surface area contributed by atoms with Crippen molar-refractivity contribution in [1.82, 2.24) is 19.3 Å². The Hall–Kier alpha value is -3.48. The Morgan fingerprint density at radius 1 is 1.21 bits per heavy atom. The first-order valence-electron chi connectivity index (χ1n) is 9.20. The van der Waals surface area contributed by atoms with Gasteiger partial charge in [-0.05, 0) is 48.7 Å². The first-order chi connectivity index (χ1) is 13.7. The van der Waals surface area contributed by atoms with Crippen molar-refractivity contribution in [2.45, 2.75) is 25.4 Å². The summed E-state index contributed by atoms with van der Waals surface area (Å²) in [6, 6.07) is 12.5. The number of benzene rings is 2. The first-order valence-corrected chi connectivity index (χ1v) is 9.20. The number of anilines is 1. The molecule has 1 aliphatic rings. The van der Waals surface area contributed by atoms with Gasteiger partial charge in [0.2, 0.25) is 0 Å². The van der Waals surface area contributed by atoms with Crippen molar-refractivity contribution in [3.63, 3.8) is 0 Å². The largest absolute Gasteiger partial charge is 0.327 e. The molecular formula is C21H18FN5O. The zero-order valence-electron chi connectivity index (χ0n) is 15.0. The lowest BCUT2D eigenvalue weighted by molar-refractivity contribution is 0.102. The van der Waals surface area contributed by atoms with E-state index in [2.05, 4.69) is 20.0 Å². The van der Waals surface area contributed by atoms with Gasteiger partial charge in [0, 0.05) is 17.8 Å². The maximum atomic E-state index is 13.3. The number of halogens is 1. The van der Waals surface area contributed by atoms with E-state index in [9.17, 15) is 9.18 Å². The van der Waals surface area contributed by atoms with Crippen LogP contribution >= 0.6 is 0 Å². The molecule has 1 saturated carbocycles. The van der Waals surface area contributed by atoms with E-state index in [1.807, 2.05) is 24.5 Å². The normalized spacial score (nSPS) is 13.8. The van der Waals surface area contributed by atoms with Crippen LogP contribution in [0.3, 0.4) is 0 Å². The highest BCUT2D eigenvalue weighted by atomic mass is 19.1. The third-order valence-electron chi connectivity index (χ3n) is 4.90. The summed E-state index contributed by atoms with van der Waals surface area (Å²) in [5, 5.41) is 7.08. The molecule has 1 fully saturated rings. The smallest absolute Gasteiger partial charge is 0.255 e. The van der Waals surface area contributed by atoms with E-state index in [1.54, 1.807) is 29.2 Å². The van der Waals surface area contributed by atoms with Gasteiger partial charge in [0.05, 0.1) is 35.8 Å². The Kier molecular flexibility index (Phi) is 3.93. The molecule has 4 aromatic rings. The lowest BCUT2D eigenvalue weighted by Gasteiger charge is -2.04. The second kappa shape index (κ2) is 6.60. The van der Waals surface area contributed by atoms with E-state index in [0.29, 0.717) is 23.8 Å². The van der Waals surface area contributed by atoms with Crippen LogP contribution in [-0.2, 0) is 6.54 Å². The summed E-state index contributed by atoms with van der Waals surface area (Å²) in [4.78, 5) is 17.0. The molecule has 0 radical (unpaired) electrons. The van der Waals surface area contributed by atoms with Crippen molar-refractivity contribution >= 4 is 22.6 Å². The van der Waals surface area contributed by atoms with Crippen LogP contribution in [0.4, 0.5) is 10.1 Å². The van der Waals surface area contributed by atoms with Crippen molar-refractivity contribution in [1.29, 1.82) is 0 Å². The van der Waals surface area contributed by atoms with Crippen LogP contribution in [-0.4, -0.2) is 25.2 Å². The Labute approximate surface area is 160 Å². The Morgan fingerprint density at radius 3 is 2.93 bits per heavy atom. The number of carbonyl (C=O) groups is 1. The molecule has 7 heteroatoms. The molecule has 0 bridgehead atoms. The average Bonchev–Trinajstić information content (AvgIpc) is 3.29. The molecular weight excluding hydrogens is 357 g/mol. The Bertz CT molecular complexity index is 1170. The summed E-state index contributed by atoms with van der Waals surface area (Å²) in [5.74, 6) is -0.495. The molecule has 0 saturated heterocycles. The molecule has 5 rings (SSSR count). The molecule has 2 aromatic heterocycles. The maximum absolute atomic E-state index is 13.3. The van der Waals surface area contributed by atoms with Crippen LogP contribution in [0.1, 0.15) is 34.8 Å². The van der Waals surface area contributed by atoms with Gasteiger partial charge in [0.25, 0.3) is 5.91 Å². The fourth-order valence-corrected chi connectivity index (χ4v) is 3.36. The summed E-state index contributed by atoms with van der Waals surface area (Å²) in [5.41, 5.74) is 3.82. The Morgan fingerprint density at radius 2 is 2.11 bits per heavy atom. The molecule has 1 amide bonds. The number of carbonyl (C=O) groups excluding carboxylic acids is 1. The van der Waals surface area contributed by atoms with Gasteiger partial charge in [-0.3, -0.25) is 9.48 Å². The maximum Gasteiger partial charge on any atom is 0.255 e. The molecule has 2 heterocycles. The van der Waals surface area contributed by atoms with Crippen molar-refractivity contribution in [3.05, 3.63) is 78.1 Å². The molecule has 140 valence electrons. The van der Waals surface area contributed by atoms with E-state index in [1.165, 1.54) is 25.0 Å². The minimum Gasteiger partial charge on any atom is -0.327 e. The predicted molar refractivity (Wildman–Crippen MR) is 104 cm³/mol. The van der Waals surface area contributed by atoms with Crippen molar-refractivity contribution in [3.8, 4) is 0 Å². The van der Waals surface area contributed by atoms with Gasteiger partial charge in [-0.25, -0.2) is 9.37 Å². The zero-order chi connectivity index (χ0) is 19.1. The van der Waals surface area contributed by atoms with Crippen molar-refractivity contribution in [2.24, 2.45) is 0 Å². The lowest BCUT2D eigenvalue weighted by Crippen LogP contribution is -2.11. The van der Waals surface area contributed by atoms with Crippen molar-refractivity contribution < 1.29 is 9.18 Å². The minimum absolute atomic E-state index is 0.215. The number of nitrogens with one attached hydrogen (secondary N) is 1. The van der Waals surface area contributed by atoms with Crippen LogP contribution in [0.25, 0.3) is 11.0 Å². The zero-order valence-corrected chi connectivity index (χ0v) is 15.0. The summed E-state index contributed by atoms with van der Waals surface area (Å²) in [6.07, 6.45) is 7.53. The van der Waals surface area contributed by atoms with Crippen molar-refractivity contribution in [2.75, 3.05) is 5.32 Å². The van der Waals surface area contributed by atoms with Crippen LogP contribution in [0.15, 0.2) is 61.2 Å². The third kappa shape index (κ3) is 3.26. The van der Waals surface area contributed by atoms with E-state index < -0.39 is 0 Å². The first kappa shape index (κ1) is 16.7. The number of hydrogen-bond donors (Lipinski definition) is 1. The van der Waals surface area contributed by atoms with Gasteiger partial charge in [-0.2, -0.15) is 5.10 Å². The van der Waals surface area contributed by atoms with Gasteiger partial charge in [0.15, 0.2) is 0 Å². The van der Waals surface area contributed by atoms with Crippen LogP contribution in [0.5, 0.6) is 0 Å². The third-order valence-corrected chi connectivity index (χ3v) is 4.90. The number of fused-ring (bicyclic) bond motifs is 1. The van der Waals surface area contributed by atoms with Gasteiger partial charge in [-0.1, -0.05) is 12.1 Å². The van der Waals surface area contributed by atoms with E-state index in [-0.39, 0.29) is 11.7 Å². The van der Waals surface area contributed by atoms with E-state index in [0.717, 1.165) is 16.6 Å². The van der Waals surface area contributed by atoms with E-state index in [4.69, 9.17) is 0 Å². The SMILES string of the molecule is O=C(Nc1cnn(Cc2cccc(F)c2)c1)c1ccc2c(c1)ncn2C1CC1. The number of imidazole rings is 1. The molecule has 2 aromatic carbocycles. The highest BCUT2D eigenvalue weighted by molar-refractivity contribution is 6.05. The summed E-state index contributed by atoms with van der Waals surface area (Å²) < 4.78 is 17.1. The van der Waals surface area contributed by atoms with Gasteiger partial charge < -0.3 is 9.88 Å². The number of rotatable bonds is 5. The van der Waals surface area contributed by atoms with Gasteiger partial charge in [-0.15, -0.1) is 0 Å². The highest BCUT2D eigenvalue weighted by Gasteiger charge is 2.25. The average molecular weight is 375 g/mol. The standard InChI is InChI=1S/C21H18FN5O/c22-16-3-1-2-14(8-16)11-26-12-17(10-24-26)25-21(28)15-4-7-20-19(9-15)23-13-27(20)18-5-6-18/h1-4,7-10,12-13,18H,5-6,11H2,(H,25,28). The topological polar surface area (TPSA) is 64.7 Å². The summed E-state index contributed by atoms with van der Waals surface area (Å²) in [7, 11) is 0.